The largest absolute Gasteiger partial charge is 0.506 e. The predicted octanol–water partition coefficient (Wildman–Crippen LogP) is 2.68. The van der Waals surface area contributed by atoms with Crippen LogP contribution < -0.4 is 15.4 Å². The Bertz CT molecular complexity index is 848. The van der Waals surface area contributed by atoms with Crippen LogP contribution in [0, 0.1) is 6.92 Å². The Balaban J connectivity index is 1.71. The molecule has 0 saturated heterocycles. The molecular formula is C21H26N2O4. The molecule has 0 spiro atoms. The topological polar surface area (TPSA) is 90.8 Å². The first-order valence-corrected chi connectivity index (χ1v) is 9.03. The lowest BCUT2D eigenvalue weighted by Crippen LogP contribution is -2.43. The number of benzene rings is 2. The number of hydrogen-bond donors (Lipinski definition) is 4. The Morgan fingerprint density at radius 3 is 2.74 bits per heavy atom. The van der Waals surface area contributed by atoms with Crippen molar-refractivity contribution in [1.82, 2.24) is 5.32 Å². The van der Waals surface area contributed by atoms with E-state index >= 15 is 0 Å². The maximum absolute atomic E-state index is 11.5. The number of aromatic hydroxyl groups is 1. The van der Waals surface area contributed by atoms with E-state index in [-0.39, 0.29) is 29.5 Å². The second-order valence-electron chi connectivity index (χ2n) is 7.60. The highest BCUT2D eigenvalue weighted by atomic mass is 16.5. The lowest BCUT2D eigenvalue weighted by Gasteiger charge is -2.30. The molecule has 144 valence electrons. The fourth-order valence-corrected chi connectivity index (χ4v) is 3.27. The number of fused-ring (bicyclic) bond motifs is 1. The van der Waals surface area contributed by atoms with Gasteiger partial charge in [-0.15, -0.1) is 0 Å². The fraction of sp³-hybridized carbons (Fsp3) is 0.381. The monoisotopic (exact) mass is 370 g/mol. The summed E-state index contributed by atoms with van der Waals surface area (Å²) in [7, 11) is 0. The predicted molar refractivity (Wildman–Crippen MR) is 104 cm³/mol. The molecule has 0 unspecified atom stereocenters. The molecule has 0 fully saturated rings. The number of phenolic OH excluding ortho intramolecular Hbond substituents is 1. The van der Waals surface area contributed by atoms with E-state index in [0.717, 1.165) is 6.42 Å². The van der Waals surface area contributed by atoms with E-state index in [0.29, 0.717) is 17.9 Å². The lowest BCUT2D eigenvalue weighted by atomic mass is 9.92. The molecule has 0 aliphatic carbocycles. The van der Waals surface area contributed by atoms with Crippen LogP contribution in [0.1, 0.15) is 36.6 Å². The second kappa shape index (κ2) is 7.58. The average molecular weight is 370 g/mol. The minimum absolute atomic E-state index is 0.0816. The molecule has 1 aliphatic heterocycles. The van der Waals surface area contributed by atoms with Crippen LogP contribution >= 0.6 is 0 Å². The molecule has 1 aliphatic rings. The molecule has 1 heterocycles. The van der Waals surface area contributed by atoms with Crippen molar-refractivity contribution in [3.05, 3.63) is 53.1 Å². The van der Waals surface area contributed by atoms with Gasteiger partial charge in [-0.05, 0) is 50.5 Å². The molecule has 3 rings (SSSR count). The SMILES string of the molecule is Cc1ccccc1CC(C)(C)NC[C@H](O)c1ccc(O)c2c1OCC(=O)N2. The zero-order valence-corrected chi connectivity index (χ0v) is 15.9. The van der Waals surface area contributed by atoms with Crippen molar-refractivity contribution >= 4 is 11.6 Å². The number of aliphatic hydroxyl groups excluding tert-OH is 1. The number of aryl methyl sites for hydroxylation is 1. The van der Waals surface area contributed by atoms with Crippen molar-refractivity contribution in [2.45, 2.75) is 38.8 Å². The molecule has 0 aromatic heterocycles. The van der Waals surface area contributed by atoms with Gasteiger partial charge in [-0.25, -0.2) is 0 Å². The van der Waals surface area contributed by atoms with E-state index in [1.807, 2.05) is 12.1 Å². The zero-order chi connectivity index (χ0) is 19.6. The molecule has 2 aromatic carbocycles. The molecule has 6 heteroatoms. The number of anilines is 1. The highest BCUT2D eigenvalue weighted by Crippen LogP contribution is 2.41. The molecule has 1 amide bonds. The third kappa shape index (κ3) is 4.40. The summed E-state index contributed by atoms with van der Waals surface area (Å²) >= 11 is 0. The van der Waals surface area contributed by atoms with Crippen LogP contribution in [0.3, 0.4) is 0 Å². The summed E-state index contributed by atoms with van der Waals surface area (Å²) in [5.74, 6) is -0.0932. The van der Waals surface area contributed by atoms with Gasteiger partial charge in [-0.3, -0.25) is 4.79 Å². The van der Waals surface area contributed by atoms with Crippen molar-refractivity contribution in [3.63, 3.8) is 0 Å². The lowest BCUT2D eigenvalue weighted by molar-refractivity contribution is -0.118. The molecule has 1 atom stereocenters. The van der Waals surface area contributed by atoms with Crippen molar-refractivity contribution in [2.75, 3.05) is 18.5 Å². The minimum Gasteiger partial charge on any atom is -0.506 e. The number of carbonyl (C=O) groups excluding carboxylic acids is 1. The van der Waals surface area contributed by atoms with Crippen molar-refractivity contribution in [3.8, 4) is 11.5 Å². The second-order valence-corrected chi connectivity index (χ2v) is 7.60. The smallest absolute Gasteiger partial charge is 0.262 e. The van der Waals surface area contributed by atoms with Gasteiger partial charge in [0.1, 0.15) is 11.4 Å². The highest BCUT2D eigenvalue weighted by molar-refractivity contribution is 5.97. The summed E-state index contributed by atoms with van der Waals surface area (Å²) in [6, 6.07) is 11.3. The quantitative estimate of drug-likeness (QED) is 0.587. The number of nitrogens with one attached hydrogen (secondary N) is 2. The van der Waals surface area contributed by atoms with Gasteiger partial charge in [-0.2, -0.15) is 0 Å². The molecule has 4 N–H and O–H groups in total. The Hall–Kier alpha value is -2.57. The maximum atomic E-state index is 11.5. The van der Waals surface area contributed by atoms with Crippen LogP contribution in [0.25, 0.3) is 0 Å². The van der Waals surface area contributed by atoms with Crippen LogP contribution in [0.15, 0.2) is 36.4 Å². The highest BCUT2D eigenvalue weighted by Gasteiger charge is 2.27. The molecule has 6 nitrogen and oxygen atoms in total. The molecule has 0 bridgehead atoms. The standard InChI is InChI=1S/C21H26N2O4/c1-13-6-4-5-7-14(13)10-21(2,3)22-11-17(25)15-8-9-16(24)19-20(15)27-12-18(26)23-19/h4-9,17,22,24-25H,10-12H2,1-3H3,(H,23,26)/t17-/m0/s1. The van der Waals surface area contributed by atoms with Crippen molar-refractivity contribution < 1.29 is 19.7 Å². The Morgan fingerprint density at radius 1 is 1.26 bits per heavy atom. The first-order valence-electron chi connectivity index (χ1n) is 9.03. The van der Waals surface area contributed by atoms with E-state index in [2.05, 4.69) is 43.5 Å². The minimum atomic E-state index is -0.842. The van der Waals surface area contributed by atoms with E-state index in [9.17, 15) is 15.0 Å². The third-order valence-electron chi connectivity index (χ3n) is 4.80. The van der Waals surface area contributed by atoms with Gasteiger partial charge >= 0.3 is 0 Å². The number of β-amino-alcohol motifs (C(OH)–C–C–N with tert-alkyl or cyclic N) is 1. The number of hydrogen-bond acceptors (Lipinski definition) is 5. The average Bonchev–Trinajstić information content (AvgIpc) is 2.62. The van der Waals surface area contributed by atoms with Gasteiger partial charge in [0.05, 0.1) is 6.10 Å². The third-order valence-corrected chi connectivity index (χ3v) is 4.80. The molecule has 0 saturated carbocycles. The first kappa shape index (κ1) is 19.2. The van der Waals surface area contributed by atoms with Crippen molar-refractivity contribution in [1.29, 1.82) is 0 Å². The first-order chi connectivity index (χ1) is 12.8. The number of amides is 1. The Kier molecular flexibility index (Phi) is 5.39. The number of carbonyl (C=O) groups is 1. The molecular weight excluding hydrogens is 344 g/mol. The van der Waals surface area contributed by atoms with E-state index in [4.69, 9.17) is 4.74 Å². The Labute approximate surface area is 159 Å². The molecule has 0 radical (unpaired) electrons. The number of ether oxygens (including phenoxy) is 1. The van der Waals surface area contributed by atoms with Gasteiger partial charge < -0.3 is 25.6 Å². The summed E-state index contributed by atoms with van der Waals surface area (Å²) in [5, 5.41) is 26.6. The van der Waals surface area contributed by atoms with Crippen LogP contribution in [0.2, 0.25) is 0 Å². The summed E-state index contributed by atoms with van der Waals surface area (Å²) in [6.07, 6.45) is -0.0161. The molecule has 2 aromatic rings. The van der Waals surface area contributed by atoms with E-state index < -0.39 is 6.10 Å². The maximum Gasteiger partial charge on any atom is 0.262 e. The molecule has 27 heavy (non-hydrogen) atoms. The zero-order valence-electron chi connectivity index (χ0n) is 15.9. The van der Waals surface area contributed by atoms with Gasteiger partial charge in [0.25, 0.3) is 5.91 Å². The summed E-state index contributed by atoms with van der Waals surface area (Å²) < 4.78 is 5.45. The van der Waals surface area contributed by atoms with E-state index in [1.54, 1.807) is 6.07 Å². The van der Waals surface area contributed by atoms with Crippen molar-refractivity contribution in [2.24, 2.45) is 0 Å². The number of phenols is 1. The van der Waals surface area contributed by atoms with Crippen LogP contribution in [0.5, 0.6) is 11.5 Å². The summed E-state index contributed by atoms with van der Waals surface area (Å²) in [5.41, 5.74) is 3.02. The number of rotatable bonds is 6. The van der Waals surface area contributed by atoms with E-state index in [1.165, 1.54) is 17.2 Å². The van der Waals surface area contributed by atoms with Crippen LogP contribution in [-0.2, 0) is 11.2 Å². The van der Waals surface area contributed by atoms with Gasteiger partial charge in [-0.1, -0.05) is 24.3 Å². The van der Waals surface area contributed by atoms with Gasteiger partial charge in [0, 0.05) is 17.6 Å². The summed E-state index contributed by atoms with van der Waals surface area (Å²) in [6.45, 7) is 6.45. The fourth-order valence-electron chi connectivity index (χ4n) is 3.27. The Morgan fingerprint density at radius 2 is 2.00 bits per heavy atom. The van der Waals surface area contributed by atoms with Crippen LogP contribution in [0.4, 0.5) is 5.69 Å². The normalized spacial score (nSPS) is 14.9. The van der Waals surface area contributed by atoms with Gasteiger partial charge in [0.15, 0.2) is 12.4 Å². The van der Waals surface area contributed by atoms with Crippen LogP contribution in [-0.4, -0.2) is 34.8 Å². The summed E-state index contributed by atoms with van der Waals surface area (Å²) in [4.78, 5) is 11.5. The van der Waals surface area contributed by atoms with Gasteiger partial charge in [0.2, 0.25) is 0 Å². The number of aliphatic hydroxyl groups is 1.